The van der Waals surface area contributed by atoms with Gasteiger partial charge in [-0.3, -0.25) is 9.35 Å². The zero-order valence-electron chi connectivity index (χ0n) is 31.8. The van der Waals surface area contributed by atoms with Crippen LogP contribution < -0.4 is 10.6 Å². The van der Waals surface area contributed by atoms with Crippen LogP contribution in [-0.4, -0.2) is 55.3 Å². The summed E-state index contributed by atoms with van der Waals surface area (Å²) in [5.74, 6) is 1.06. The van der Waals surface area contributed by atoms with Gasteiger partial charge >= 0.3 is 5.97 Å². The second-order valence-electron chi connectivity index (χ2n) is 18.1. The van der Waals surface area contributed by atoms with Gasteiger partial charge in [0.05, 0.1) is 16.7 Å². The van der Waals surface area contributed by atoms with Crippen LogP contribution in [0.3, 0.4) is 0 Å². The average Bonchev–Trinajstić information content (AvgIpc) is 3.47. The van der Waals surface area contributed by atoms with Crippen molar-refractivity contribution in [1.29, 1.82) is 0 Å². The lowest BCUT2D eigenvalue weighted by molar-refractivity contribution is -0.229. The lowest BCUT2D eigenvalue weighted by Gasteiger charge is -2.73. The van der Waals surface area contributed by atoms with E-state index >= 15 is 0 Å². The molecule has 9 atom stereocenters. The molecule has 8 nitrogen and oxygen atoms in total. The molecule has 282 valence electrons. The van der Waals surface area contributed by atoms with Gasteiger partial charge in [0.1, 0.15) is 0 Å². The van der Waals surface area contributed by atoms with E-state index in [1.807, 2.05) is 12.1 Å². The molecule has 0 heterocycles. The highest BCUT2D eigenvalue weighted by molar-refractivity contribution is 7.85. The van der Waals surface area contributed by atoms with E-state index in [2.05, 4.69) is 64.8 Å². The van der Waals surface area contributed by atoms with Crippen molar-refractivity contribution in [2.75, 3.05) is 25.4 Å². The molecule has 4 N–H and O–H groups in total. The highest BCUT2D eigenvalue weighted by Gasteiger charge is 2.72. The molecule has 0 bridgehead atoms. The van der Waals surface area contributed by atoms with Gasteiger partial charge in [-0.2, -0.15) is 8.42 Å². The third-order valence-corrected chi connectivity index (χ3v) is 16.8. The van der Waals surface area contributed by atoms with E-state index in [9.17, 15) is 23.1 Å². The predicted molar refractivity (Wildman–Crippen MR) is 203 cm³/mol. The van der Waals surface area contributed by atoms with Crippen LogP contribution in [0, 0.1) is 56.7 Å². The van der Waals surface area contributed by atoms with E-state index in [0.29, 0.717) is 42.3 Å². The second kappa shape index (κ2) is 13.4. The summed E-state index contributed by atoms with van der Waals surface area (Å²) in [5.41, 5.74) is 4.01. The fourth-order valence-corrected chi connectivity index (χ4v) is 13.9. The molecule has 1 aromatic rings. The first kappa shape index (κ1) is 38.2. The lowest BCUT2D eigenvalue weighted by Crippen LogP contribution is -2.66. The maximum absolute atomic E-state index is 14.3. The molecule has 0 aliphatic heterocycles. The number of carbonyl (C=O) groups excluding carboxylic acids is 1. The van der Waals surface area contributed by atoms with Gasteiger partial charge in [0.2, 0.25) is 5.91 Å². The van der Waals surface area contributed by atoms with E-state index in [-0.39, 0.29) is 45.8 Å². The number of aromatic carboxylic acids is 1. The molecule has 9 heteroatoms. The molecule has 5 aliphatic carbocycles. The normalized spacial score (nSPS) is 38.3. The minimum absolute atomic E-state index is 0.0460. The maximum atomic E-state index is 14.3. The number of rotatable bonds is 11. The van der Waals surface area contributed by atoms with Gasteiger partial charge in [-0.1, -0.05) is 65.0 Å². The molecule has 1 amide bonds. The topological polar surface area (TPSA) is 133 Å². The minimum Gasteiger partial charge on any atom is -0.478 e. The monoisotopic (exact) mass is 722 g/mol. The van der Waals surface area contributed by atoms with Crippen LogP contribution in [0.4, 0.5) is 0 Å². The Morgan fingerprint density at radius 1 is 0.902 bits per heavy atom. The fraction of sp³-hybridized carbons (Fsp3) is 0.714. The Morgan fingerprint density at radius 3 is 2.24 bits per heavy atom. The van der Waals surface area contributed by atoms with Crippen molar-refractivity contribution in [3.8, 4) is 0 Å². The van der Waals surface area contributed by atoms with Crippen LogP contribution in [0.5, 0.6) is 0 Å². The van der Waals surface area contributed by atoms with Gasteiger partial charge in [-0.05, 0) is 146 Å². The molecule has 51 heavy (non-hydrogen) atoms. The van der Waals surface area contributed by atoms with Crippen LogP contribution in [0.15, 0.2) is 42.5 Å². The van der Waals surface area contributed by atoms with Gasteiger partial charge in [0.15, 0.2) is 0 Å². The SMILES string of the molecule is C=C(C)[C@@H]1CC[C@]2(C(=O)NCCNCCS(=O)(=O)O)CC[C@]3(C)C(CCC4C5(CC)CC=C(c6ccc(C(=O)O)cc6)C(C)(C)C5CC[C@]43C)C12. The third-order valence-electron chi connectivity index (χ3n) is 16.1. The largest absolute Gasteiger partial charge is 0.478 e. The van der Waals surface area contributed by atoms with E-state index in [4.69, 9.17) is 4.55 Å². The van der Waals surface area contributed by atoms with E-state index < -0.39 is 21.5 Å². The quantitative estimate of drug-likeness (QED) is 0.103. The summed E-state index contributed by atoms with van der Waals surface area (Å²) in [5, 5.41) is 15.8. The highest BCUT2D eigenvalue weighted by atomic mass is 32.2. The Kier molecular flexibility index (Phi) is 10.1. The molecule has 4 saturated carbocycles. The Hall–Kier alpha value is -2.49. The Labute approximate surface area is 306 Å². The van der Waals surface area contributed by atoms with Crippen molar-refractivity contribution in [2.24, 2.45) is 56.7 Å². The molecule has 5 unspecified atom stereocenters. The molecule has 0 saturated heterocycles. The zero-order chi connectivity index (χ0) is 37.2. The van der Waals surface area contributed by atoms with Crippen LogP contribution >= 0.6 is 0 Å². The number of hydrogen-bond donors (Lipinski definition) is 4. The number of allylic oxidation sites excluding steroid dienone is 3. The van der Waals surface area contributed by atoms with Gasteiger partial charge in [0, 0.05) is 19.6 Å². The highest BCUT2D eigenvalue weighted by Crippen LogP contribution is 2.78. The maximum Gasteiger partial charge on any atom is 0.335 e. The molecule has 6 rings (SSSR count). The fourth-order valence-electron chi connectivity index (χ4n) is 13.5. The van der Waals surface area contributed by atoms with Crippen LogP contribution in [0.1, 0.15) is 122 Å². The molecule has 0 aromatic heterocycles. The Bertz CT molecular complexity index is 1680. The number of carboxylic acids is 1. The zero-order valence-corrected chi connectivity index (χ0v) is 32.6. The molecule has 0 radical (unpaired) electrons. The number of benzene rings is 1. The summed E-state index contributed by atoms with van der Waals surface area (Å²) >= 11 is 0. The molecule has 0 spiro atoms. The van der Waals surface area contributed by atoms with Gasteiger partial charge in [-0.25, -0.2) is 4.79 Å². The van der Waals surface area contributed by atoms with Crippen molar-refractivity contribution in [3.63, 3.8) is 0 Å². The van der Waals surface area contributed by atoms with Crippen molar-refractivity contribution >= 4 is 27.6 Å². The molecular weight excluding hydrogens is 661 g/mol. The summed E-state index contributed by atoms with van der Waals surface area (Å²) in [7, 11) is -4.02. The summed E-state index contributed by atoms with van der Waals surface area (Å²) in [4.78, 5) is 25.9. The number of amides is 1. The summed E-state index contributed by atoms with van der Waals surface area (Å²) in [6, 6.07) is 7.48. The van der Waals surface area contributed by atoms with Gasteiger partial charge in [-0.15, -0.1) is 0 Å². The number of hydrogen-bond acceptors (Lipinski definition) is 5. The smallest absolute Gasteiger partial charge is 0.335 e. The van der Waals surface area contributed by atoms with Gasteiger partial charge in [0.25, 0.3) is 10.1 Å². The number of fused-ring (bicyclic) bond motifs is 7. The van der Waals surface area contributed by atoms with Crippen molar-refractivity contribution in [3.05, 3.63) is 53.6 Å². The number of nitrogens with one attached hydrogen (secondary N) is 2. The predicted octanol–water partition coefficient (Wildman–Crippen LogP) is 8.02. The molecule has 1 aromatic carbocycles. The van der Waals surface area contributed by atoms with Crippen LogP contribution in [0.2, 0.25) is 0 Å². The first-order chi connectivity index (χ1) is 23.9. The van der Waals surface area contributed by atoms with E-state index in [0.717, 1.165) is 50.5 Å². The Balaban J connectivity index is 1.28. The molecule has 4 fully saturated rings. The first-order valence-corrected chi connectivity index (χ1v) is 21.1. The average molecular weight is 723 g/mol. The van der Waals surface area contributed by atoms with Crippen molar-refractivity contribution < 1.29 is 27.7 Å². The minimum atomic E-state index is -4.02. The van der Waals surface area contributed by atoms with Crippen LogP contribution in [-0.2, 0) is 14.9 Å². The standard InChI is InChI=1S/C42H62N2O6S/c1-8-41-20-16-31(28-9-11-29(12-10-28)36(45)46)38(4,5)33(41)17-18-40(7)34(41)14-13-32-35-30(27(2)3)15-19-42(35,22-21-39(32,40)6)37(47)44-24-23-43-25-26-51(48,49)50/h9-12,16,30,32-35,43H,2,8,13-15,17-26H2,1,3-7H3,(H,44,47)(H,45,46)(H,48,49,50)/t30-,32?,33?,34?,35?,39+,40+,41?,42-/m0/s1. The van der Waals surface area contributed by atoms with E-state index in [1.54, 1.807) is 12.1 Å². The first-order valence-electron chi connectivity index (χ1n) is 19.5. The third kappa shape index (κ3) is 6.05. The second-order valence-corrected chi connectivity index (χ2v) is 19.7. The van der Waals surface area contributed by atoms with E-state index in [1.165, 1.54) is 30.4 Å². The number of carboxylic acid groups (broad SMARTS) is 1. The van der Waals surface area contributed by atoms with Gasteiger partial charge < -0.3 is 15.7 Å². The summed E-state index contributed by atoms with van der Waals surface area (Å²) in [6.45, 7) is 20.2. The number of carbonyl (C=O) groups is 2. The summed E-state index contributed by atoms with van der Waals surface area (Å²) < 4.78 is 31.2. The lowest BCUT2D eigenvalue weighted by atomic mass is 9.32. The van der Waals surface area contributed by atoms with Crippen molar-refractivity contribution in [1.82, 2.24) is 10.6 Å². The Morgan fingerprint density at radius 2 is 1.61 bits per heavy atom. The molecular formula is C42H62N2O6S. The van der Waals surface area contributed by atoms with Crippen molar-refractivity contribution in [2.45, 2.75) is 106 Å². The molecule has 5 aliphatic rings. The summed E-state index contributed by atoms with van der Waals surface area (Å²) in [6.07, 6.45) is 13.2. The van der Waals surface area contributed by atoms with Crippen LogP contribution in [0.25, 0.3) is 5.57 Å².